The summed E-state index contributed by atoms with van der Waals surface area (Å²) in [5, 5.41) is 6.22. The number of amides is 1. The number of nitrogens with one attached hydrogen (secondary N) is 2. The molecule has 0 bridgehead atoms. The fourth-order valence-electron chi connectivity index (χ4n) is 1.19. The van der Waals surface area contributed by atoms with E-state index >= 15 is 0 Å². The van der Waals surface area contributed by atoms with Crippen LogP contribution in [0.3, 0.4) is 0 Å². The van der Waals surface area contributed by atoms with Gasteiger partial charge >= 0.3 is 0 Å². The molecule has 15 heavy (non-hydrogen) atoms. The van der Waals surface area contributed by atoms with Crippen molar-refractivity contribution in [2.45, 2.75) is 45.7 Å². The van der Waals surface area contributed by atoms with E-state index in [1.807, 2.05) is 11.8 Å². The van der Waals surface area contributed by atoms with E-state index in [9.17, 15) is 4.79 Å². The van der Waals surface area contributed by atoms with Crippen LogP contribution in [0, 0.1) is 0 Å². The normalized spacial score (nSPS) is 12.9. The smallest absolute Gasteiger partial charge is 0.221 e. The quantitative estimate of drug-likeness (QED) is 0.668. The van der Waals surface area contributed by atoms with Crippen LogP contribution in [0.15, 0.2) is 0 Å². The van der Waals surface area contributed by atoms with Crippen molar-refractivity contribution in [1.29, 1.82) is 0 Å². The molecule has 3 nitrogen and oxygen atoms in total. The lowest BCUT2D eigenvalue weighted by Gasteiger charge is -2.13. The Morgan fingerprint density at radius 2 is 2.00 bits per heavy atom. The molecule has 0 saturated carbocycles. The number of thioether (sulfide) groups is 1. The van der Waals surface area contributed by atoms with Crippen LogP contribution in [-0.4, -0.2) is 36.5 Å². The summed E-state index contributed by atoms with van der Waals surface area (Å²) in [6.07, 6.45) is 3.70. The number of hydrogen-bond donors (Lipinski definition) is 2. The van der Waals surface area contributed by atoms with Gasteiger partial charge in [-0.3, -0.25) is 4.79 Å². The lowest BCUT2D eigenvalue weighted by atomic mass is 10.2. The SMILES string of the molecule is CSCCC(C)NC(=O)CCNC(C)C. The summed E-state index contributed by atoms with van der Waals surface area (Å²) in [5.41, 5.74) is 0. The molecule has 1 atom stereocenters. The monoisotopic (exact) mass is 232 g/mol. The number of hydrogen-bond acceptors (Lipinski definition) is 3. The molecule has 0 rings (SSSR count). The third-order valence-corrected chi connectivity index (χ3v) is 2.71. The predicted molar refractivity (Wildman–Crippen MR) is 68.4 cm³/mol. The van der Waals surface area contributed by atoms with Gasteiger partial charge in [-0.25, -0.2) is 0 Å². The van der Waals surface area contributed by atoms with Crippen molar-refractivity contribution in [1.82, 2.24) is 10.6 Å². The zero-order chi connectivity index (χ0) is 11.7. The summed E-state index contributed by atoms with van der Waals surface area (Å²) < 4.78 is 0. The molecule has 0 aromatic heterocycles. The largest absolute Gasteiger partial charge is 0.354 e. The van der Waals surface area contributed by atoms with Gasteiger partial charge in [0.15, 0.2) is 0 Å². The average molecular weight is 232 g/mol. The molecule has 0 aliphatic carbocycles. The van der Waals surface area contributed by atoms with E-state index in [1.54, 1.807) is 0 Å². The molecule has 1 unspecified atom stereocenters. The first kappa shape index (κ1) is 14.8. The van der Waals surface area contributed by atoms with E-state index in [0.717, 1.165) is 18.7 Å². The minimum atomic E-state index is 0.150. The van der Waals surface area contributed by atoms with E-state index in [-0.39, 0.29) is 5.91 Å². The van der Waals surface area contributed by atoms with Gasteiger partial charge < -0.3 is 10.6 Å². The van der Waals surface area contributed by atoms with E-state index in [1.165, 1.54) is 0 Å². The molecule has 0 aromatic rings. The molecule has 0 heterocycles. The maximum Gasteiger partial charge on any atom is 0.221 e. The molecule has 90 valence electrons. The number of carbonyl (C=O) groups is 1. The summed E-state index contributed by atoms with van der Waals surface area (Å²) in [5.74, 6) is 1.25. The van der Waals surface area contributed by atoms with Crippen molar-refractivity contribution in [2.75, 3.05) is 18.6 Å². The standard InChI is InChI=1S/C11H24N2OS/c1-9(2)12-7-5-11(14)13-10(3)6-8-15-4/h9-10,12H,5-8H2,1-4H3,(H,13,14). The zero-order valence-electron chi connectivity index (χ0n) is 10.3. The van der Waals surface area contributed by atoms with Gasteiger partial charge in [-0.15, -0.1) is 0 Å². The Hall–Kier alpha value is -0.220. The minimum absolute atomic E-state index is 0.150. The average Bonchev–Trinajstić information content (AvgIpc) is 2.14. The molecule has 0 aromatic carbocycles. The van der Waals surface area contributed by atoms with Crippen LogP contribution >= 0.6 is 11.8 Å². The Balaban J connectivity index is 3.46. The minimum Gasteiger partial charge on any atom is -0.354 e. The topological polar surface area (TPSA) is 41.1 Å². The highest BCUT2D eigenvalue weighted by molar-refractivity contribution is 7.98. The summed E-state index contributed by atoms with van der Waals surface area (Å²) in [6.45, 7) is 6.99. The van der Waals surface area contributed by atoms with Gasteiger partial charge in [-0.1, -0.05) is 13.8 Å². The predicted octanol–water partition coefficient (Wildman–Crippen LogP) is 1.63. The van der Waals surface area contributed by atoms with Crippen LogP contribution in [0.1, 0.15) is 33.6 Å². The molecule has 0 radical (unpaired) electrons. The second-order valence-corrected chi connectivity index (χ2v) is 5.09. The summed E-state index contributed by atoms with van der Waals surface area (Å²) in [4.78, 5) is 11.4. The maximum absolute atomic E-state index is 11.4. The fourth-order valence-corrected chi connectivity index (χ4v) is 1.78. The third-order valence-electron chi connectivity index (χ3n) is 2.07. The molecule has 1 amide bonds. The Morgan fingerprint density at radius 1 is 1.33 bits per heavy atom. The van der Waals surface area contributed by atoms with Gasteiger partial charge in [-0.2, -0.15) is 11.8 Å². The van der Waals surface area contributed by atoms with E-state index in [4.69, 9.17) is 0 Å². The second kappa shape index (κ2) is 9.04. The van der Waals surface area contributed by atoms with Crippen LogP contribution in [0.5, 0.6) is 0 Å². The first-order valence-electron chi connectivity index (χ1n) is 5.58. The highest BCUT2D eigenvalue weighted by atomic mass is 32.2. The Bertz CT molecular complexity index is 174. The van der Waals surface area contributed by atoms with Crippen LogP contribution in [0.4, 0.5) is 0 Å². The Labute approximate surface area is 97.8 Å². The third kappa shape index (κ3) is 10.1. The van der Waals surface area contributed by atoms with Crippen molar-refractivity contribution in [3.05, 3.63) is 0 Å². The Kier molecular flexibility index (Phi) is 8.91. The van der Waals surface area contributed by atoms with E-state index in [0.29, 0.717) is 18.5 Å². The first-order valence-corrected chi connectivity index (χ1v) is 6.97. The van der Waals surface area contributed by atoms with Gasteiger partial charge in [0.1, 0.15) is 0 Å². The van der Waals surface area contributed by atoms with Crippen LogP contribution in [0.2, 0.25) is 0 Å². The summed E-state index contributed by atoms with van der Waals surface area (Å²) in [6, 6.07) is 0.746. The number of rotatable bonds is 8. The van der Waals surface area contributed by atoms with Gasteiger partial charge in [0.25, 0.3) is 0 Å². The van der Waals surface area contributed by atoms with Gasteiger partial charge in [0, 0.05) is 25.0 Å². The lowest BCUT2D eigenvalue weighted by Crippen LogP contribution is -2.35. The van der Waals surface area contributed by atoms with Gasteiger partial charge in [-0.05, 0) is 25.4 Å². The summed E-state index contributed by atoms with van der Waals surface area (Å²) in [7, 11) is 0. The molecular weight excluding hydrogens is 208 g/mol. The molecule has 0 spiro atoms. The molecule has 0 fully saturated rings. The van der Waals surface area contributed by atoms with Crippen LogP contribution in [0.25, 0.3) is 0 Å². The highest BCUT2D eigenvalue weighted by Gasteiger charge is 2.06. The van der Waals surface area contributed by atoms with Crippen LogP contribution < -0.4 is 10.6 Å². The lowest BCUT2D eigenvalue weighted by molar-refractivity contribution is -0.121. The zero-order valence-corrected chi connectivity index (χ0v) is 11.1. The Morgan fingerprint density at radius 3 is 2.53 bits per heavy atom. The summed E-state index contributed by atoms with van der Waals surface area (Å²) >= 11 is 1.82. The van der Waals surface area contributed by atoms with Gasteiger partial charge in [0.05, 0.1) is 0 Å². The maximum atomic E-state index is 11.4. The van der Waals surface area contributed by atoms with E-state index in [2.05, 4.69) is 37.7 Å². The van der Waals surface area contributed by atoms with Crippen molar-refractivity contribution in [3.63, 3.8) is 0 Å². The van der Waals surface area contributed by atoms with Crippen molar-refractivity contribution in [3.8, 4) is 0 Å². The first-order chi connectivity index (χ1) is 7.06. The molecule has 0 aliphatic rings. The van der Waals surface area contributed by atoms with Crippen molar-refractivity contribution < 1.29 is 4.79 Å². The van der Waals surface area contributed by atoms with Crippen molar-refractivity contribution in [2.24, 2.45) is 0 Å². The molecular formula is C11H24N2OS. The molecule has 0 saturated heterocycles. The van der Waals surface area contributed by atoms with Crippen molar-refractivity contribution >= 4 is 17.7 Å². The highest BCUT2D eigenvalue weighted by Crippen LogP contribution is 1.99. The second-order valence-electron chi connectivity index (χ2n) is 4.11. The van der Waals surface area contributed by atoms with E-state index < -0.39 is 0 Å². The van der Waals surface area contributed by atoms with Gasteiger partial charge in [0.2, 0.25) is 5.91 Å². The molecule has 4 heteroatoms. The van der Waals surface area contributed by atoms with Crippen LogP contribution in [-0.2, 0) is 4.79 Å². The molecule has 0 aliphatic heterocycles. The number of carbonyl (C=O) groups excluding carboxylic acids is 1. The molecule has 2 N–H and O–H groups in total. The fraction of sp³-hybridized carbons (Fsp3) is 0.909.